The molecule has 62 valence electrons. The highest BCUT2D eigenvalue weighted by Crippen LogP contribution is 2.11. The maximum absolute atomic E-state index is 11.0. The molecule has 0 aromatic rings. The van der Waals surface area contributed by atoms with E-state index in [4.69, 9.17) is 10.5 Å². The third kappa shape index (κ3) is 2.19. The van der Waals surface area contributed by atoms with Gasteiger partial charge in [-0.2, -0.15) is 0 Å². The molecule has 1 rings (SSSR count). The topological polar surface area (TPSA) is 81.4 Å². The molecule has 1 aliphatic heterocycles. The van der Waals surface area contributed by atoms with Gasteiger partial charge in [-0.05, 0) is 6.42 Å². The van der Waals surface area contributed by atoms with E-state index >= 15 is 0 Å². The van der Waals surface area contributed by atoms with E-state index in [2.05, 4.69) is 0 Å². The summed E-state index contributed by atoms with van der Waals surface area (Å²) in [5, 5.41) is 2.00. The third-order valence-corrected chi connectivity index (χ3v) is 1.55. The summed E-state index contributed by atoms with van der Waals surface area (Å²) in [6, 6.07) is -0.804. The zero-order valence-electron chi connectivity index (χ0n) is 6.00. The lowest BCUT2D eigenvalue weighted by Crippen LogP contribution is -2.39. The van der Waals surface area contributed by atoms with Gasteiger partial charge in [0, 0.05) is 6.61 Å². The molecule has 5 heteroatoms. The second-order valence-corrected chi connectivity index (χ2v) is 2.41. The normalized spacial score (nSPS) is 23.1. The van der Waals surface area contributed by atoms with Crippen molar-refractivity contribution < 1.29 is 14.3 Å². The van der Waals surface area contributed by atoms with Crippen molar-refractivity contribution in [3.8, 4) is 0 Å². The Morgan fingerprint density at radius 2 is 2.27 bits per heavy atom. The average molecular weight is 158 g/mol. The van der Waals surface area contributed by atoms with Crippen LogP contribution in [0.5, 0.6) is 0 Å². The minimum absolute atomic E-state index is 0.206. The molecule has 5 nitrogen and oxygen atoms in total. The zero-order chi connectivity index (χ0) is 8.27. The van der Waals surface area contributed by atoms with Gasteiger partial charge in [0.2, 0.25) is 5.91 Å². The van der Waals surface area contributed by atoms with Gasteiger partial charge < -0.3 is 10.5 Å². The van der Waals surface area contributed by atoms with Gasteiger partial charge in [0.15, 0.2) is 0 Å². The number of nitrogens with one attached hydrogen (secondary N) is 1. The molecular formula is C6H10N2O3. The smallest absolute Gasteiger partial charge is 0.318 e. The van der Waals surface area contributed by atoms with Crippen molar-refractivity contribution >= 4 is 11.9 Å². The number of hydrogen-bond donors (Lipinski definition) is 2. The Hall–Kier alpha value is -1.10. The highest BCUT2D eigenvalue weighted by atomic mass is 16.5. The molecule has 1 fully saturated rings. The van der Waals surface area contributed by atoms with Crippen molar-refractivity contribution in [3.05, 3.63) is 0 Å². The van der Waals surface area contributed by atoms with Crippen molar-refractivity contribution in [3.63, 3.8) is 0 Å². The van der Waals surface area contributed by atoms with E-state index in [-0.39, 0.29) is 11.8 Å². The number of imide groups is 1. The summed E-state index contributed by atoms with van der Waals surface area (Å²) in [5.74, 6) is -0.544. The summed E-state index contributed by atoms with van der Waals surface area (Å²) >= 11 is 0. The molecule has 0 aliphatic carbocycles. The van der Waals surface area contributed by atoms with Crippen LogP contribution in [-0.4, -0.2) is 25.2 Å². The highest BCUT2D eigenvalue weighted by Gasteiger charge is 2.23. The van der Waals surface area contributed by atoms with Crippen LogP contribution < -0.4 is 11.1 Å². The first kappa shape index (κ1) is 8.00. The van der Waals surface area contributed by atoms with Crippen molar-refractivity contribution in [2.75, 3.05) is 13.2 Å². The van der Waals surface area contributed by atoms with Gasteiger partial charge in [0.25, 0.3) is 0 Å². The van der Waals surface area contributed by atoms with E-state index in [1.54, 1.807) is 0 Å². The van der Waals surface area contributed by atoms with Gasteiger partial charge in [-0.15, -0.1) is 0 Å². The van der Waals surface area contributed by atoms with E-state index in [9.17, 15) is 9.59 Å². The monoisotopic (exact) mass is 158 g/mol. The number of carbonyl (C=O) groups is 2. The molecule has 1 saturated heterocycles. The Kier molecular flexibility index (Phi) is 2.43. The average Bonchev–Trinajstić information content (AvgIpc) is 2.35. The van der Waals surface area contributed by atoms with Crippen LogP contribution in [0.4, 0.5) is 4.79 Å². The zero-order valence-corrected chi connectivity index (χ0v) is 6.00. The molecule has 0 radical (unpaired) electrons. The maximum atomic E-state index is 11.0. The Balaban J connectivity index is 2.34. The predicted molar refractivity (Wildman–Crippen MR) is 36.7 cm³/mol. The first-order valence-corrected chi connectivity index (χ1v) is 3.38. The van der Waals surface area contributed by atoms with Crippen molar-refractivity contribution in [2.24, 2.45) is 11.7 Å². The largest absolute Gasteiger partial charge is 0.381 e. The van der Waals surface area contributed by atoms with E-state index in [0.29, 0.717) is 19.6 Å². The molecule has 1 heterocycles. The molecule has 0 spiro atoms. The molecule has 0 saturated carbocycles. The number of carbonyl (C=O) groups excluding carboxylic acids is 2. The summed E-state index contributed by atoms with van der Waals surface area (Å²) in [6.07, 6.45) is 0.666. The second kappa shape index (κ2) is 3.34. The summed E-state index contributed by atoms with van der Waals surface area (Å²) in [6.45, 7) is 0.968. The lowest BCUT2D eigenvalue weighted by Gasteiger charge is -2.04. The van der Waals surface area contributed by atoms with Crippen LogP contribution in [-0.2, 0) is 9.53 Å². The molecule has 0 bridgehead atoms. The van der Waals surface area contributed by atoms with Crippen LogP contribution >= 0.6 is 0 Å². The minimum Gasteiger partial charge on any atom is -0.381 e. The number of ether oxygens (including phenoxy) is 1. The van der Waals surface area contributed by atoms with Crippen LogP contribution in [0.2, 0.25) is 0 Å². The summed E-state index contributed by atoms with van der Waals surface area (Å²) in [5.41, 5.74) is 4.75. The van der Waals surface area contributed by atoms with Gasteiger partial charge >= 0.3 is 6.03 Å². The maximum Gasteiger partial charge on any atom is 0.318 e. The number of amides is 3. The fraction of sp³-hybridized carbons (Fsp3) is 0.667. The summed E-state index contributed by atoms with van der Waals surface area (Å²) in [7, 11) is 0. The number of urea groups is 1. The molecule has 0 aromatic heterocycles. The summed E-state index contributed by atoms with van der Waals surface area (Å²) in [4.78, 5) is 21.2. The third-order valence-electron chi connectivity index (χ3n) is 1.55. The van der Waals surface area contributed by atoms with Crippen LogP contribution in [0.1, 0.15) is 6.42 Å². The van der Waals surface area contributed by atoms with Crippen LogP contribution in [0, 0.1) is 5.92 Å². The Labute approximate surface area is 63.9 Å². The molecule has 11 heavy (non-hydrogen) atoms. The Morgan fingerprint density at radius 3 is 2.73 bits per heavy atom. The number of nitrogens with two attached hydrogens (primary N) is 1. The molecule has 1 aliphatic rings. The summed E-state index contributed by atoms with van der Waals surface area (Å²) < 4.78 is 4.95. The molecule has 0 aromatic carbocycles. The minimum atomic E-state index is -0.804. The number of rotatable bonds is 1. The van der Waals surface area contributed by atoms with Crippen LogP contribution in [0.3, 0.4) is 0 Å². The van der Waals surface area contributed by atoms with Gasteiger partial charge in [-0.1, -0.05) is 0 Å². The SMILES string of the molecule is NC(=O)NC(=O)C1CCOC1. The lowest BCUT2D eigenvalue weighted by atomic mass is 10.1. The van der Waals surface area contributed by atoms with Gasteiger partial charge in [-0.25, -0.2) is 4.79 Å². The van der Waals surface area contributed by atoms with Crippen LogP contribution in [0.15, 0.2) is 0 Å². The van der Waals surface area contributed by atoms with Crippen LogP contribution in [0.25, 0.3) is 0 Å². The quantitative estimate of drug-likeness (QED) is 0.525. The van der Waals surface area contributed by atoms with E-state index < -0.39 is 6.03 Å². The Bertz CT molecular complexity index is 175. The standard InChI is InChI=1S/C6H10N2O3/c7-6(10)8-5(9)4-1-2-11-3-4/h4H,1-3H2,(H3,7,8,9,10). The number of primary amides is 1. The first-order valence-electron chi connectivity index (χ1n) is 3.38. The first-order chi connectivity index (χ1) is 5.20. The number of hydrogen-bond acceptors (Lipinski definition) is 3. The van der Waals surface area contributed by atoms with E-state index in [0.717, 1.165) is 0 Å². The molecule has 3 N–H and O–H groups in total. The van der Waals surface area contributed by atoms with Crippen molar-refractivity contribution in [2.45, 2.75) is 6.42 Å². The predicted octanol–water partition coefficient (Wildman–Crippen LogP) is -0.782. The molecular weight excluding hydrogens is 148 g/mol. The van der Waals surface area contributed by atoms with Gasteiger partial charge in [0.05, 0.1) is 12.5 Å². The van der Waals surface area contributed by atoms with Gasteiger partial charge in [-0.3, -0.25) is 10.1 Å². The molecule has 1 atom stereocenters. The fourth-order valence-corrected chi connectivity index (χ4v) is 0.965. The molecule has 3 amide bonds. The highest BCUT2D eigenvalue weighted by molar-refractivity contribution is 5.94. The van der Waals surface area contributed by atoms with E-state index in [1.165, 1.54) is 0 Å². The fourth-order valence-electron chi connectivity index (χ4n) is 0.965. The van der Waals surface area contributed by atoms with Crippen molar-refractivity contribution in [1.29, 1.82) is 0 Å². The Morgan fingerprint density at radius 1 is 1.55 bits per heavy atom. The second-order valence-electron chi connectivity index (χ2n) is 2.41. The molecule has 1 unspecified atom stereocenters. The van der Waals surface area contributed by atoms with Gasteiger partial charge in [0.1, 0.15) is 0 Å². The van der Waals surface area contributed by atoms with Crippen molar-refractivity contribution in [1.82, 2.24) is 5.32 Å². The van der Waals surface area contributed by atoms with E-state index in [1.807, 2.05) is 5.32 Å². The lowest BCUT2D eigenvalue weighted by molar-refractivity contribution is -0.123.